The normalized spacial score (nSPS) is 20.1. The molecule has 0 radical (unpaired) electrons. The van der Waals surface area contributed by atoms with Gasteiger partial charge in [-0.1, -0.05) is 42.5 Å². The lowest BCUT2D eigenvalue weighted by Gasteiger charge is -2.34. The summed E-state index contributed by atoms with van der Waals surface area (Å²) in [6.07, 6.45) is 0. The van der Waals surface area contributed by atoms with Crippen molar-refractivity contribution in [2.75, 3.05) is 19.2 Å². The Morgan fingerprint density at radius 2 is 1.64 bits per heavy atom. The van der Waals surface area contributed by atoms with Gasteiger partial charge in [0.2, 0.25) is 0 Å². The second-order valence-corrected chi connectivity index (χ2v) is 5.87. The molecule has 0 aromatic heterocycles. The maximum atomic E-state index is 12.5. The van der Waals surface area contributed by atoms with E-state index in [1.165, 1.54) is 14.2 Å². The first-order valence-electron chi connectivity index (χ1n) is 7.89. The van der Waals surface area contributed by atoms with Crippen LogP contribution in [0.4, 0.5) is 5.69 Å². The lowest BCUT2D eigenvalue weighted by molar-refractivity contribution is -0.144. The first-order valence-corrected chi connectivity index (χ1v) is 7.89. The van der Waals surface area contributed by atoms with Gasteiger partial charge in [-0.25, -0.2) is 4.79 Å². The van der Waals surface area contributed by atoms with E-state index in [0.29, 0.717) is 0 Å². The van der Waals surface area contributed by atoms with E-state index in [9.17, 15) is 9.59 Å². The molecule has 2 aliphatic heterocycles. The van der Waals surface area contributed by atoms with Crippen LogP contribution in [0.25, 0.3) is 11.1 Å². The van der Waals surface area contributed by atoms with Crippen molar-refractivity contribution in [2.24, 2.45) is 11.0 Å². The molecule has 2 aliphatic rings. The van der Waals surface area contributed by atoms with E-state index >= 15 is 0 Å². The molecule has 0 N–H and O–H groups in total. The summed E-state index contributed by atoms with van der Waals surface area (Å²) in [6, 6.07) is 15.2. The highest BCUT2D eigenvalue weighted by atomic mass is 16.5. The predicted octanol–water partition coefficient (Wildman–Crippen LogP) is 2.55. The van der Waals surface area contributed by atoms with Crippen LogP contribution in [0, 0.1) is 5.92 Å². The van der Waals surface area contributed by atoms with Gasteiger partial charge in [-0.15, -0.1) is 0 Å². The van der Waals surface area contributed by atoms with Crippen LogP contribution in [0.1, 0.15) is 11.6 Å². The number of methoxy groups -OCH3 is 2. The molecular formula is C19H16N2O4. The Morgan fingerprint density at radius 3 is 2.36 bits per heavy atom. The number of ether oxygens (including phenoxy) is 2. The number of hydrazone groups is 1. The minimum Gasteiger partial charge on any atom is -0.468 e. The van der Waals surface area contributed by atoms with Gasteiger partial charge in [0.05, 0.1) is 25.9 Å². The van der Waals surface area contributed by atoms with Crippen molar-refractivity contribution in [2.45, 2.75) is 6.04 Å². The average Bonchev–Trinajstić information content (AvgIpc) is 3.08. The molecule has 0 saturated carbocycles. The van der Waals surface area contributed by atoms with Gasteiger partial charge in [-0.2, -0.15) is 5.10 Å². The highest BCUT2D eigenvalue weighted by Crippen LogP contribution is 2.50. The minimum absolute atomic E-state index is 0.0610. The van der Waals surface area contributed by atoms with Gasteiger partial charge in [0.15, 0.2) is 5.71 Å². The molecule has 2 atom stereocenters. The quantitative estimate of drug-likeness (QED) is 0.789. The molecule has 0 unspecified atom stereocenters. The number of anilines is 1. The maximum Gasteiger partial charge on any atom is 0.355 e. The van der Waals surface area contributed by atoms with E-state index < -0.39 is 23.9 Å². The van der Waals surface area contributed by atoms with Gasteiger partial charge >= 0.3 is 11.9 Å². The standard InChI is InChI=1S/C19H16N2O4/c1-24-18(22)15-16(19(23)25-2)20-21-14-10-6-5-8-12(14)11-7-3-4-9-13(11)17(15)21/h3-10,15,17H,1-2H3/t15-,17-/m1/s1. The number of nitrogens with zero attached hydrogens (tertiary/aromatic N) is 2. The van der Waals surface area contributed by atoms with Gasteiger partial charge in [0.1, 0.15) is 5.92 Å². The van der Waals surface area contributed by atoms with Crippen molar-refractivity contribution in [1.82, 2.24) is 0 Å². The Kier molecular flexibility index (Phi) is 3.53. The summed E-state index contributed by atoms with van der Waals surface area (Å²) in [5, 5.41) is 6.17. The van der Waals surface area contributed by atoms with Gasteiger partial charge in [-0.05, 0) is 17.2 Å². The van der Waals surface area contributed by atoms with Crippen molar-refractivity contribution in [3.8, 4) is 11.1 Å². The molecule has 6 heteroatoms. The number of carbonyl (C=O) groups excluding carboxylic acids is 2. The van der Waals surface area contributed by atoms with Crippen LogP contribution in [-0.4, -0.2) is 31.9 Å². The van der Waals surface area contributed by atoms with Gasteiger partial charge < -0.3 is 9.47 Å². The fourth-order valence-corrected chi connectivity index (χ4v) is 3.59. The van der Waals surface area contributed by atoms with E-state index in [-0.39, 0.29) is 5.71 Å². The van der Waals surface area contributed by atoms with Crippen molar-refractivity contribution in [3.63, 3.8) is 0 Å². The molecular weight excluding hydrogens is 320 g/mol. The van der Waals surface area contributed by atoms with Crippen LogP contribution in [-0.2, 0) is 19.1 Å². The van der Waals surface area contributed by atoms with E-state index in [1.807, 2.05) is 48.5 Å². The highest BCUT2D eigenvalue weighted by Gasteiger charge is 2.50. The molecule has 0 spiro atoms. The van der Waals surface area contributed by atoms with Crippen molar-refractivity contribution >= 4 is 23.3 Å². The Morgan fingerprint density at radius 1 is 0.960 bits per heavy atom. The van der Waals surface area contributed by atoms with Crippen LogP contribution < -0.4 is 5.01 Å². The number of para-hydroxylation sites is 1. The summed E-state index contributed by atoms with van der Waals surface area (Å²) in [7, 11) is 2.58. The molecule has 6 nitrogen and oxygen atoms in total. The predicted molar refractivity (Wildman–Crippen MR) is 92.1 cm³/mol. The van der Waals surface area contributed by atoms with Crippen LogP contribution in [0.3, 0.4) is 0 Å². The Balaban J connectivity index is 1.97. The van der Waals surface area contributed by atoms with Crippen LogP contribution >= 0.6 is 0 Å². The van der Waals surface area contributed by atoms with E-state index in [4.69, 9.17) is 9.47 Å². The zero-order valence-corrected chi connectivity index (χ0v) is 13.8. The molecule has 0 amide bonds. The number of rotatable bonds is 2. The van der Waals surface area contributed by atoms with Crippen molar-refractivity contribution in [1.29, 1.82) is 0 Å². The zero-order chi connectivity index (χ0) is 17.6. The molecule has 0 bridgehead atoms. The first kappa shape index (κ1) is 15.4. The summed E-state index contributed by atoms with van der Waals surface area (Å²) < 4.78 is 9.79. The average molecular weight is 336 g/mol. The number of fused-ring (bicyclic) bond motifs is 6. The van der Waals surface area contributed by atoms with Gasteiger partial charge in [0, 0.05) is 5.56 Å². The number of hydrogen-bond acceptors (Lipinski definition) is 6. The second kappa shape index (κ2) is 5.73. The molecule has 2 aromatic rings. The topological polar surface area (TPSA) is 68.2 Å². The summed E-state index contributed by atoms with van der Waals surface area (Å²) in [5.41, 5.74) is 3.87. The Bertz CT molecular complexity index is 906. The highest BCUT2D eigenvalue weighted by molar-refractivity contribution is 6.41. The lowest BCUT2D eigenvalue weighted by Crippen LogP contribution is -2.36. The molecule has 25 heavy (non-hydrogen) atoms. The molecule has 0 saturated heterocycles. The Hall–Kier alpha value is -3.15. The molecule has 2 heterocycles. The first-order chi connectivity index (χ1) is 12.2. The number of benzene rings is 2. The molecule has 2 aromatic carbocycles. The zero-order valence-electron chi connectivity index (χ0n) is 13.8. The maximum absolute atomic E-state index is 12.5. The number of carbonyl (C=O) groups is 2. The van der Waals surface area contributed by atoms with Crippen LogP contribution in [0.5, 0.6) is 0 Å². The van der Waals surface area contributed by atoms with Crippen molar-refractivity contribution in [3.05, 3.63) is 54.1 Å². The van der Waals surface area contributed by atoms with Crippen LogP contribution in [0.2, 0.25) is 0 Å². The third-order valence-corrected chi connectivity index (χ3v) is 4.66. The third kappa shape index (κ3) is 2.14. The van der Waals surface area contributed by atoms with Gasteiger partial charge in [-0.3, -0.25) is 9.80 Å². The Labute approximate surface area is 144 Å². The summed E-state index contributed by atoms with van der Waals surface area (Å²) >= 11 is 0. The summed E-state index contributed by atoms with van der Waals surface area (Å²) in [4.78, 5) is 24.7. The second-order valence-electron chi connectivity index (χ2n) is 5.87. The van der Waals surface area contributed by atoms with E-state index in [1.54, 1.807) is 5.01 Å². The number of esters is 2. The fourth-order valence-electron chi connectivity index (χ4n) is 3.59. The van der Waals surface area contributed by atoms with E-state index in [0.717, 1.165) is 22.4 Å². The van der Waals surface area contributed by atoms with E-state index in [2.05, 4.69) is 5.10 Å². The monoisotopic (exact) mass is 336 g/mol. The molecule has 4 rings (SSSR count). The minimum atomic E-state index is -0.841. The summed E-state index contributed by atoms with van der Waals surface area (Å²) in [5.74, 6) is -1.97. The number of hydrogen-bond donors (Lipinski definition) is 0. The van der Waals surface area contributed by atoms with Gasteiger partial charge in [0.25, 0.3) is 0 Å². The van der Waals surface area contributed by atoms with Crippen molar-refractivity contribution < 1.29 is 19.1 Å². The fraction of sp³-hybridized carbons (Fsp3) is 0.211. The SMILES string of the molecule is COC(=O)C1=NN2c3ccccc3-c3ccccc3[C@@H]2[C@@H]1C(=O)OC. The molecule has 0 aliphatic carbocycles. The lowest BCUT2D eigenvalue weighted by atomic mass is 9.82. The molecule has 126 valence electrons. The third-order valence-electron chi connectivity index (χ3n) is 4.66. The smallest absolute Gasteiger partial charge is 0.355 e. The summed E-state index contributed by atoms with van der Waals surface area (Å²) in [6.45, 7) is 0. The largest absolute Gasteiger partial charge is 0.468 e. The molecule has 0 fully saturated rings. The van der Waals surface area contributed by atoms with Crippen LogP contribution in [0.15, 0.2) is 53.6 Å².